The van der Waals surface area contributed by atoms with Crippen molar-refractivity contribution >= 4 is 35.1 Å². The zero-order valence-electron chi connectivity index (χ0n) is 40.9. The van der Waals surface area contributed by atoms with E-state index in [1.54, 1.807) is 48.8 Å². The fraction of sp³-hybridized carbons (Fsp3) is 0.321. The molecule has 1 fully saturated rings. The van der Waals surface area contributed by atoms with Gasteiger partial charge in [0.25, 0.3) is 0 Å². The van der Waals surface area contributed by atoms with Gasteiger partial charge in [-0.3, -0.25) is 24.5 Å². The SMILES string of the molecule is Cc1c(COc2cc(OCc3cncc(C#N)c3)c(CNC(CCO)C(=O)O)cc2Cl)cccc1-c1cccc(COc2cc(OCc3cncc(C#N)c3)c(CN(CC3CC3)C(CCO)C(=O)O)cc2Cl)c1C. The summed E-state index contributed by atoms with van der Waals surface area (Å²) in [6, 6.07) is 24.2. The molecule has 1 saturated carbocycles. The summed E-state index contributed by atoms with van der Waals surface area (Å²) in [5, 5.41) is 61.4. The summed E-state index contributed by atoms with van der Waals surface area (Å²) < 4.78 is 25.4. The van der Waals surface area contributed by atoms with E-state index in [9.17, 15) is 40.5 Å². The number of hydrogen-bond acceptors (Lipinski definition) is 14. The van der Waals surface area contributed by atoms with Gasteiger partial charge in [0.2, 0.25) is 0 Å². The third-order valence-corrected chi connectivity index (χ3v) is 13.4. The monoisotopic (exact) mass is 1040 g/mol. The van der Waals surface area contributed by atoms with Crippen LogP contribution in [-0.4, -0.2) is 79.1 Å². The number of ether oxygens (including phenoxy) is 4. The van der Waals surface area contributed by atoms with Crippen LogP contribution in [0.15, 0.2) is 97.6 Å². The molecule has 0 amide bonds. The maximum absolute atomic E-state index is 12.4. The number of aliphatic carboxylic acids is 2. The number of aliphatic hydroxyl groups excluding tert-OH is 2. The van der Waals surface area contributed by atoms with E-state index in [1.807, 2.05) is 55.1 Å². The van der Waals surface area contributed by atoms with Crippen LogP contribution in [0.2, 0.25) is 10.0 Å². The molecule has 16 nitrogen and oxygen atoms in total. The van der Waals surface area contributed by atoms with Gasteiger partial charge < -0.3 is 44.7 Å². The molecule has 0 spiro atoms. The first kappa shape index (κ1) is 54.5. The average Bonchev–Trinajstić information content (AvgIpc) is 4.22. The summed E-state index contributed by atoms with van der Waals surface area (Å²) in [5.74, 6) is -0.318. The number of nitrogens with one attached hydrogen (secondary N) is 1. The van der Waals surface area contributed by atoms with Crippen LogP contribution in [0.4, 0.5) is 0 Å². The lowest BCUT2D eigenvalue weighted by molar-refractivity contribution is -0.144. The van der Waals surface area contributed by atoms with E-state index in [1.165, 1.54) is 12.4 Å². The number of aliphatic hydroxyl groups is 2. The Balaban J connectivity index is 1.11. The number of rotatable bonds is 27. The first-order valence-corrected chi connectivity index (χ1v) is 24.7. The molecule has 0 radical (unpaired) electrons. The molecule has 1 aliphatic rings. The molecule has 5 N–H and O–H groups in total. The molecule has 2 unspecified atom stereocenters. The van der Waals surface area contributed by atoms with Crippen molar-refractivity contribution in [3.63, 3.8) is 0 Å². The van der Waals surface area contributed by atoms with Crippen LogP contribution in [0.25, 0.3) is 11.1 Å². The van der Waals surface area contributed by atoms with Crippen LogP contribution in [-0.2, 0) is 49.1 Å². The summed E-state index contributed by atoms with van der Waals surface area (Å²) >= 11 is 13.8. The van der Waals surface area contributed by atoms with Crippen LogP contribution in [0.5, 0.6) is 23.0 Å². The Morgan fingerprint density at radius 1 is 0.676 bits per heavy atom. The van der Waals surface area contributed by atoms with Crippen molar-refractivity contribution < 1.29 is 49.0 Å². The Hall–Kier alpha value is -7.28. The van der Waals surface area contributed by atoms with E-state index in [2.05, 4.69) is 27.4 Å². The molecule has 0 bridgehead atoms. The maximum Gasteiger partial charge on any atom is 0.321 e. The molecular formula is C56H56Cl2N6O10. The van der Waals surface area contributed by atoms with Gasteiger partial charge in [0.15, 0.2) is 0 Å². The highest BCUT2D eigenvalue weighted by Crippen LogP contribution is 2.39. The van der Waals surface area contributed by atoms with Crippen molar-refractivity contribution in [1.29, 1.82) is 10.5 Å². The minimum absolute atomic E-state index is 0.00152. The van der Waals surface area contributed by atoms with Gasteiger partial charge in [-0.25, -0.2) is 0 Å². The molecule has 4 aromatic carbocycles. The number of aromatic nitrogens is 2. The maximum atomic E-state index is 12.4. The minimum atomic E-state index is -1.11. The van der Waals surface area contributed by atoms with Crippen LogP contribution >= 0.6 is 23.2 Å². The molecule has 2 heterocycles. The van der Waals surface area contributed by atoms with Gasteiger partial charge in [0.1, 0.15) is 73.6 Å². The normalized spacial score (nSPS) is 12.9. The number of halogens is 2. The van der Waals surface area contributed by atoms with E-state index in [0.717, 1.165) is 46.2 Å². The van der Waals surface area contributed by atoms with Crippen molar-refractivity contribution in [2.45, 2.75) is 91.1 Å². The highest BCUT2D eigenvalue weighted by atomic mass is 35.5. The summed E-state index contributed by atoms with van der Waals surface area (Å²) in [6.07, 6.45) is 8.16. The Labute approximate surface area is 439 Å². The molecule has 1 aliphatic carbocycles. The van der Waals surface area contributed by atoms with E-state index >= 15 is 0 Å². The van der Waals surface area contributed by atoms with Crippen molar-refractivity contribution in [3.8, 4) is 46.3 Å². The summed E-state index contributed by atoms with van der Waals surface area (Å²) in [5.41, 5.74) is 8.89. The Kier molecular flexibility index (Phi) is 19.2. The second-order valence-corrected chi connectivity index (χ2v) is 18.8. The number of nitriles is 2. The number of hydrogen-bond donors (Lipinski definition) is 5. The van der Waals surface area contributed by atoms with Crippen LogP contribution in [0.1, 0.15) is 81.3 Å². The number of carbonyl (C=O) groups is 2. The van der Waals surface area contributed by atoms with Gasteiger partial charge in [0, 0.05) is 92.0 Å². The zero-order valence-corrected chi connectivity index (χ0v) is 42.4. The lowest BCUT2D eigenvalue weighted by atomic mass is 9.92. The zero-order chi connectivity index (χ0) is 52.7. The van der Waals surface area contributed by atoms with Gasteiger partial charge in [-0.15, -0.1) is 0 Å². The number of pyridine rings is 2. The first-order valence-electron chi connectivity index (χ1n) is 23.9. The fourth-order valence-corrected chi connectivity index (χ4v) is 8.95. The molecule has 6 aromatic rings. The number of carboxylic acid groups (broad SMARTS) is 2. The highest BCUT2D eigenvalue weighted by Gasteiger charge is 2.32. The quantitative estimate of drug-likeness (QED) is 0.0323. The van der Waals surface area contributed by atoms with Crippen molar-refractivity contribution in [1.82, 2.24) is 20.2 Å². The lowest BCUT2D eigenvalue weighted by Crippen LogP contribution is -2.42. The van der Waals surface area contributed by atoms with Crippen molar-refractivity contribution in [2.24, 2.45) is 5.92 Å². The predicted octanol–water partition coefficient (Wildman–Crippen LogP) is 9.10. The molecule has 0 saturated heterocycles. The van der Waals surface area contributed by atoms with E-state index in [4.69, 9.17) is 42.1 Å². The molecule has 0 aliphatic heterocycles. The van der Waals surface area contributed by atoms with Gasteiger partial charge in [-0.05, 0) is 103 Å². The number of benzene rings is 4. The number of carboxylic acids is 2. The standard InChI is InChI=1S/C56H56Cl2N6O10/c1-34-41(32-73-53-19-51(71-30-39-15-37(21-59)23-61-25-39)43(17-47(53)57)27-63-49(11-13-65)55(67)68)5-3-7-45(34)46-8-4-6-42(35(46)2)33-74-54-20-52(72-31-40-16-38(22-60)24-62-26-40)44(18-48(54)58)29-64(28-36-9-10-36)50(12-14-66)56(69)70/h3-8,15-20,23-26,36,49-50,63,65-66H,9-14,27-33H2,1-2H3,(H,67,68)(H,69,70). The third-order valence-electron chi connectivity index (χ3n) is 12.8. The van der Waals surface area contributed by atoms with E-state index < -0.39 is 24.0 Å². The Morgan fingerprint density at radius 3 is 1.65 bits per heavy atom. The summed E-state index contributed by atoms with van der Waals surface area (Å²) in [7, 11) is 0. The van der Waals surface area contributed by atoms with E-state index in [-0.39, 0.29) is 70.6 Å². The molecule has 18 heteroatoms. The van der Waals surface area contributed by atoms with E-state index in [0.29, 0.717) is 73.9 Å². The molecule has 7 rings (SSSR count). The summed E-state index contributed by atoms with van der Waals surface area (Å²) in [4.78, 5) is 34.4. The Bertz CT molecular complexity index is 3050. The smallest absolute Gasteiger partial charge is 0.321 e. The van der Waals surface area contributed by atoms with Crippen LogP contribution in [0, 0.1) is 42.4 Å². The fourth-order valence-electron chi connectivity index (χ4n) is 8.47. The van der Waals surface area contributed by atoms with Gasteiger partial charge in [0.05, 0.1) is 21.2 Å². The second kappa shape index (κ2) is 26.1. The molecule has 2 aromatic heterocycles. The Morgan fingerprint density at radius 2 is 1.18 bits per heavy atom. The van der Waals surface area contributed by atoms with Crippen molar-refractivity contribution in [3.05, 3.63) is 163 Å². The third kappa shape index (κ3) is 14.5. The molecular weight excluding hydrogens is 988 g/mol. The average molecular weight is 1040 g/mol. The summed E-state index contributed by atoms with van der Waals surface area (Å²) in [6.45, 7) is 4.62. The topological polar surface area (TPSA) is 241 Å². The van der Waals surface area contributed by atoms with Crippen LogP contribution < -0.4 is 24.3 Å². The molecule has 2 atom stereocenters. The second-order valence-electron chi connectivity index (χ2n) is 18.0. The van der Waals surface area contributed by atoms with Crippen LogP contribution in [0.3, 0.4) is 0 Å². The number of nitrogens with zero attached hydrogens (tertiary/aromatic N) is 5. The predicted molar refractivity (Wildman–Crippen MR) is 276 cm³/mol. The highest BCUT2D eigenvalue weighted by molar-refractivity contribution is 6.32. The molecule has 384 valence electrons. The van der Waals surface area contributed by atoms with Gasteiger partial charge in [-0.1, -0.05) is 59.6 Å². The lowest BCUT2D eigenvalue weighted by Gasteiger charge is -2.29. The first-order chi connectivity index (χ1) is 35.8. The van der Waals surface area contributed by atoms with Gasteiger partial charge in [-0.2, -0.15) is 10.5 Å². The van der Waals surface area contributed by atoms with Gasteiger partial charge >= 0.3 is 11.9 Å². The van der Waals surface area contributed by atoms with Crippen molar-refractivity contribution in [2.75, 3.05) is 19.8 Å². The largest absolute Gasteiger partial charge is 0.488 e. The minimum Gasteiger partial charge on any atom is -0.488 e. The molecule has 74 heavy (non-hydrogen) atoms.